The Bertz CT molecular complexity index is 446. The fourth-order valence-corrected chi connectivity index (χ4v) is 1.20. The van der Waals surface area contributed by atoms with Crippen LogP contribution < -0.4 is 10.1 Å². The number of ether oxygens (including phenoxy) is 1. The summed E-state index contributed by atoms with van der Waals surface area (Å²) >= 11 is 5.95. The van der Waals surface area contributed by atoms with Gasteiger partial charge in [-0.1, -0.05) is 23.4 Å². The van der Waals surface area contributed by atoms with Gasteiger partial charge in [-0.25, -0.2) is 0 Å². The average Bonchev–Trinajstić information content (AvgIpc) is 2.26. The van der Waals surface area contributed by atoms with Gasteiger partial charge in [0.15, 0.2) is 0 Å². The zero-order chi connectivity index (χ0) is 12.0. The van der Waals surface area contributed by atoms with Crippen LogP contribution in [-0.2, 0) is 4.79 Å². The molecule has 1 amide bonds. The topological polar surface area (TPSA) is 38.3 Å². The smallest absolute Gasteiger partial charge is 0.217 e. The van der Waals surface area contributed by atoms with E-state index in [2.05, 4.69) is 17.2 Å². The highest BCUT2D eigenvalue weighted by Gasteiger charge is 1.98. The number of amides is 1. The molecule has 4 heteroatoms. The molecule has 1 aromatic rings. The molecule has 3 nitrogen and oxygen atoms in total. The molecule has 1 rings (SSSR count). The number of carbonyl (C=O) groups excluding carboxylic acids is 1. The van der Waals surface area contributed by atoms with Gasteiger partial charge in [-0.3, -0.25) is 4.79 Å². The van der Waals surface area contributed by atoms with Crippen molar-refractivity contribution in [2.24, 2.45) is 0 Å². The van der Waals surface area contributed by atoms with E-state index in [-0.39, 0.29) is 5.91 Å². The molecule has 0 aliphatic heterocycles. The molecular weight excluding hydrogens is 226 g/mol. The quantitative estimate of drug-likeness (QED) is 0.797. The van der Waals surface area contributed by atoms with Gasteiger partial charge in [-0.15, -0.1) is 0 Å². The number of carbonyl (C=O) groups is 1. The van der Waals surface area contributed by atoms with Crippen LogP contribution in [-0.4, -0.2) is 19.6 Å². The zero-order valence-electron chi connectivity index (χ0n) is 9.13. The lowest BCUT2D eigenvalue weighted by Gasteiger charge is -2.01. The van der Waals surface area contributed by atoms with Gasteiger partial charge in [0.05, 0.1) is 18.7 Å². The van der Waals surface area contributed by atoms with Crippen molar-refractivity contribution >= 4 is 17.5 Å². The Morgan fingerprint density at radius 1 is 1.56 bits per heavy atom. The summed E-state index contributed by atoms with van der Waals surface area (Å²) < 4.78 is 5.06. The molecule has 0 saturated carbocycles. The minimum atomic E-state index is -0.106. The Morgan fingerprint density at radius 2 is 2.31 bits per heavy atom. The van der Waals surface area contributed by atoms with Crippen LogP contribution in [0.5, 0.6) is 5.75 Å². The number of benzene rings is 1. The van der Waals surface area contributed by atoms with Crippen molar-refractivity contribution in [3.05, 3.63) is 28.8 Å². The van der Waals surface area contributed by atoms with Crippen molar-refractivity contribution in [3.8, 4) is 17.6 Å². The van der Waals surface area contributed by atoms with Gasteiger partial charge in [-0.05, 0) is 18.2 Å². The lowest BCUT2D eigenvalue weighted by atomic mass is 10.2. The molecule has 0 aromatic heterocycles. The van der Waals surface area contributed by atoms with E-state index in [0.29, 0.717) is 22.9 Å². The van der Waals surface area contributed by atoms with Crippen LogP contribution >= 0.6 is 11.6 Å². The van der Waals surface area contributed by atoms with Gasteiger partial charge in [-0.2, -0.15) is 0 Å². The molecule has 0 fully saturated rings. The van der Waals surface area contributed by atoms with E-state index in [0.717, 1.165) is 0 Å². The van der Waals surface area contributed by atoms with Crippen molar-refractivity contribution in [1.29, 1.82) is 0 Å². The molecule has 0 spiro atoms. The average molecular weight is 238 g/mol. The summed E-state index contributed by atoms with van der Waals surface area (Å²) in [7, 11) is 1.58. The second-order valence-corrected chi connectivity index (χ2v) is 3.46. The van der Waals surface area contributed by atoms with E-state index in [9.17, 15) is 4.79 Å². The highest BCUT2D eigenvalue weighted by atomic mass is 35.5. The summed E-state index contributed by atoms with van der Waals surface area (Å²) in [6.07, 6.45) is 0. The second kappa shape index (κ2) is 6.04. The van der Waals surface area contributed by atoms with Crippen LogP contribution in [0.15, 0.2) is 18.2 Å². The normalized spacial score (nSPS) is 8.94. The van der Waals surface area contributed by atoms with Crippen molar-refractivity contribution < 1.29 is 9.53 Å². The lowest BCUT2D eigenvalue weighted by Crippen LogP contribution is -2.19. The van der Waals surface area contributed by atoms with Crippen LogP contribution in [0.2, 0.25) is 5.02 Å². The third-order valence-electron chi connectivity index (χ3n) is 1.82. The minimum Gasteiger partial charge on any atom is -0.497 e. The van der Waals surface area contributed by atoms with Crippen molar-refractivity contribution in [1.82, 2.24) is 5.32 Å². The number of hydrogen-bond acceptors (Lipinski definition) is 2. The van der Waals surface area contributed by atoms with Crippen molar-refractivity contribution in [2.45, 2.75) is 6.92 Å². The summed E-state index contributed by atoms with van der Waals surface area (Å²) in [5, 5.41) is 3.14. The van der Waals surface area contributed by atoms with E-state index in [4.69, 9.17) is 16.3 Å². The van der Waals surface area contributed by atoms with Gasteiger partial charge in [0, 0.05) is 12.5 Å². The first kappa shape index (κ1) is 12.4. The molecule has 1 aromatic carbocycles. The molecule has 84 valence electrons. The third-order valence-corrected chi connectivity index (χ3v) is 2.15. The molecule has 0 aliphatic rings. The predicted octanol–water partition coefficient (Wildman–Crippen LogP) is 1.84. The summed E-state index contributed by atoms with van der Waals surface area (Å²) in [5.74, 6) is 6.27. The van der Waals surface area contributed by atoms with Crippen molar-refractivity contribution in [2.75, 3.05) is 13.7 Å². The van der Waals surface area contributed by atoms with E-state index in [1.807, 2.05) is 0 Å². The molecule has 0 radical (unpaired) electrons. The fourth-order valence-electron chi connectivity index (χ4n) is 1.04. The zero-order valence-corrected chi connectivity index (χ0v) is 9.89. The highest BCUT2D eigenvalue weighted by molar-refractivity contribution is 6.31. The molecular formula is C12H12ClNO2. The fraction of sp³-hybridized carbons (Fsp3) is 0.250. The van der Waals surface area contributed by atoms with E-state index in [1.54, 1.807) is 25.3 Å². The molecule has 0 saturated heterocycles. The Morgan fingerprint density at radius 3 is 2.94 bits per heavy atom. The summed E-state index contributed by atoms with van der Waals surface area (Å²) in [6.45, 7) is 1.75. The first-order valence-corrected chi connectivity index (χ1v) is 5.08. The van der Waals surface area contributed by atoms with E-state index < -0.39 is 0 Å². The van der Waals surface area contributed by atoms with Crippen LogP contribution in [0.1, 0.15) is 12.5 Å². The molecule has 16 heavy (non-hydrogen) atoms. The number of nitrogens with one attached hydrogen (secondary N) is 1. The van der Waals surface area contributed by atoms with Crippen LogP contribution in [0, 0.1) is 11.8 Å². The first-order valence-electron chi connectivity index (χ1n) is 4.70. The Balaban J connectivity index is 2.75. The second-order valence-electron chi connectivity index (χ2n) is 3.06. The van der Waals surface area contributed by atoms with Gasteiger partial charge in [0.2, 0.25) is 5.91 Å². The van der Waals surface area contributed by atoms with Gasteiger partial charge in [0.1, 0.15) is 5.75 Å². The number of hydrogen-bond donors (Lipinski definition) is 1. The maximum atomic E-state index is 10.6. The number of rotatable bonds is 2. The Labute approximate surface area is 99.7 Å². The molecule has 0 bridgehead atoms. The molecule has 0 heterocycles. The minimum absolute atomic E-state index is 0.106. The largest absolute Gasteiger partial charge is 0.497 e. The summed E-state index contributed by atoms with van der Waals surface area (Å²) in [5.41, 5.74) is 0.686. The number of halogens is 1. The molecule has 0 atom stereocenters. The van der Waals surface area contributed by atoms with Crippen LogP contribution in [0.25, 0.3) is 0 Å². The SMILES string of the molecule is COc1ccc(Cl)c(C#CCNC(C)=O)c1. The first-order chi connectivity index (χ1) is 7.63. The molecule has 0 aliphatic carbocycles. The Hall–Kier alpha value is -1.66. The monoisotopic (exact) mass is 237 g/mol. The maximum absolute atomic E-state index is 10.6. The van der Waals surface area contributed by atoms with Crippen LogP contribution in [0.3, 0.4) is 0 Å². The van der Waals surface area contributed by atoms with E-state index >= 15 is 0 Å². The maximum Gasteiger partial charge on any atom is 0.217 e. The predicted molar refractivity (Wildman–Crippen MR) is 63.6 cm³/mol. The lowest BCUT2D eigenvalue weighted by molar-refractivity contribution is -0.118. The van der Waals surface area contributed by atoms with Crippen LogP contribution in [0.4, 0.5) is 0 Å². The number of methoxy groups -OCH3 is 1. The summed E-state index contributed by atoms with van der Waals surface area (Å²) in [4.78, 5) is 10.6. The highest BCUT2D eigenvalue weighted by Crippen LogP contribution is 2.20. The van der Waals surface area contributed by atoms with Gasteiger partial charge < -0.3 is 10.1 Å². The van der Waals surface area contributed by atoms with Gasteiger partial charge >= 0.3 is 0 Å². The van der Waals surface area contributed by atoms with Gasteiger partial charge in [0.25, 0.3) is 0 Å². The molecule has 1 N–H and O–H groups in total. The molecule has 0 unspecified atom stereocenters. The van der Waals surface area contributed by atoms with Crippen molar-refractivity contribution in [3.63, 3.8) is 0 Å². The third kappa shape index (κ3) is 3.84. The standard InChI is InChI=1S/C12H12ClNO2/c1-9(15)14-7-3-4-10-8-11(16-2)5-6-12(10)13/h5-6,8H,7H2,1-2H3,(H,14,15). The Kier molecular flexibility index (Phi) is 4.68. The van der Waals surface area contributed by atoms with E-state index in [1.165, 1.54) is 6.92 Å². The summed E-state index contributed by atoms with van der Waals surface area (Å²) in [6, 6.07) is 5.24.